The Bertz CT molecular complexity index is 491. The molecule has 0 unspecified atom stereocenters. The fourth-order valence-corrected chi connectivity index (χ4v) is 1.95. The first-order valence-electron chi connectivity index (χ1n) is 6.99. The topological polar surface area (TPSA) is 46.6 Å². The van der Waals surface area contributed by atoms with Crippen LogP contribution in [0.3, 0.4) is 0 Å². The Kier molecular flexibility index (Phi) is 6.21. The summed E-state index contributed by atoms with van der Waals surface area (Å²) in [4.78, 5) is 25.8. The maximum atomic E-state index is 12.4. The van der Waals surface area contributed by atoms with Gasteiger partial charge in [0.1, 0.15) is 12.1 Å². The third-order valence-electron chi connectivity index (χ3n) is 2.61. The van der Waals surface area contributed by atoms with Crippen LogP contribution in [0.4, 0.5) is 0 Å². The fraction of sp³-hybridized carbons (Fsp3) is 0.500. The van der Waals surface area contributed by atoms with Crippen LogP contribution in [0.25, 0.3) is 0 Å². The van der Waals surface area contributed by atoms with Crippen LogP contribution < -0.4 is 0 Å². The summed E-state index contributed by atoms with van der Waals surface area (Å²) < 4.78 is 5.27. The quantitative estimate of drug-likeness (QED) is 0.781. The normalized spacial score (nSPS) is 11.1. The molecule has 21 heavy (non-hydrogen) atoms. The number of rotatable bonds is 5. The molecule has 0 heterocycles. The molecule has 0 saturated carbocycles. The molecule has 0 aliphatic carbocycles. The largest absolute Gasteiger partial charge is 0.459 e. The summed E-state index contributed by atoms with van der Waals surface area (Å²) >= 11 is 5.82. The molecule has 5 heteroatoms. The van der Waals surface area contributed by atoms with Gasteiger partial charge in [-0.15, -0.1) is 0 Å². The number of halogens is 1. The number of amides is 1. The molecule has 0 aromatic heterocycles. The fourth-order valence-electron chi connectivity index (χ4n) is 1.83. The van der Waals surface area contributed by atoms with Gasteiger partial charge in [-0.3, -0.25) is 9.59 Å². The summed E-state index contributed by atoms with van der Waals surface area (Å²) in [5.74, 6) is -0.599. The van der Waals surface area contributed by atoms with Gasteiger partial charge in [0.05, 0.1) is 0 Å². The van der Waals surface area contributed by atoms with E-state index in [1.165, 1.54) is 4.90 Å². The SMILES string of the molecule is CCCN(CC(=O)OC(C)(C)C)C(=O)c1ccc(Cl)cc1. The van der Waals surface area contributed by atoms with Crippen molar-refractivity contribution in [2.24, 2.45) is 0 Å². The molecular weight excluding hydrogens is 290 g/mol. The van der Waals surface area contributed by atoms with Crippen molar-refractivity contribution in [3.05, 3.63) is 34.9 Å². The second-order valence-electron chi connectivity index (χ2n) is 5.82. The Morgan fingerprint density at radius 1 is 1.19 bits per heavy atom. The van der Waals surface area contributed by atoms with Gasteiger partial charge in [-0.2, -0.15) is 0 Å². The number of nitrogens with zero attached hydrogens (tertiary/aromatic N) is 1. The van der Waals surface area contributed by atoms with E-state index in [0.717, 1.165) is 6.42 Å². The molecule has 1 amide bonds. The van der Waals surface area contributed by atoms with E-state index in [1.54, 1.807) is 45.0 Å². The minimum Gasteiger partial charge on any atom is -0.459 e. The molecule has 1 aromatic rings. The molecule has 0 fully saturated rings. The van der Waals surface area contributed by atoms with E-state index in [0.29, 0.717) is 17.1 Å². The molecule has 0 spiro atoms. The van der Waals surface area contributed by atoms with Crippen molar-refractivity contribution >= 4 is 23.5 Å². The summed E-state index contributed by atoms with van der Waals surface area (Å²) in [6, 6.07) is 6.63. The number of carbonyl (C=O) groups is 2. The molecule has 0 aliphatic heterocycles. The van der Waals surface area contributed by atoms with Crippen molar-refractivity contribution in [1.82, 2.24) is 4.90 Å². The van der Waals surface area contributed by atoms with Crippen molar-refractivity contribution in [3.8, 4) is 0 Å². The summed E-state index contributed by atoms with van der Waals surface area (Å²) in [5.41, 5.74) is -0.0467. The van der Waals surface area contributed by atoms with Gasteiger partial charge in [0.25, 0.3) is 5.91 Å². The lowest BCUT2D eigenvalue weighted by Gasteiger charge is -2.25. The van der Waals surface area contributed by atoms with Crippen LogP contribution in [0.2, 0.25) is 5.02 Å². The summed E-state index contributed by atoms with van der Waals surface area (Å²) in [5, 5.41) is 0.570. The van der Waals surface area contributed by atoms with Gasteiger partial charge >= 0.3 is 5.97 Å². The standard InChI is InChI=1S/C16H22ClNO3/c1-5-10-18(11-14(19)21-16(2,3)4)15(20)12-6-8-13(17)9-7-12/h6-9H,5,10-11H2,1-4H3. The number of carbonyl (C=O) groups excluding carboxylic acids is 2. The van der Waals surface area contributed by atoms with E-state index in [9.17, 15) is 9.59 Å². The molecule has 0 aliphatic rings. The second kappa shape index (κ2) is 7.46. The predicted octanol–water partition coefficient (Wildman–Crippen LogP) is 3.53. The van der Waals surface area contributed by atoms with Gasteiger partial charge in [0, 0.05) is 17.1 Å². The molecular formula is C16H22ClNO3. The minimum atomic E-state index is -0.557. The van der Waals surface area contributed by atoms with Crippen LogP contribution in [0.1, 0.15) is 44.5 Å². The number of esters is 1. The van der Waals surface area contributed by atoms with Gasteiger partial charge in [-0.05, 0) is 51.5 Å². The lowest BCUT2D eigenvalue weighted by molar-refractivity contribution is -0.155. The Hall–Kier alpha value is -1.55. The summed E-state index contributed by atoms with van der Waals surface area (Å²) in [6.45, 7) is 7.81. The van der Waals surface area contributed by atoms with Crippen LogP contribution in [0.15, 0.2) is 24.3 Å². The van der Waals surface area contributed by atoms with Crippen molar-refractivity contribution in [1.29, 1.82) is 0 Å². The third kappa shape index (κ3) is 6.17. The van der Waals surface area contributed by atoms with Gasteiger partial charge in [0.2, 0.25) is 0 Å². The predicted molar refractivity (Wildman–Crippen MR) is 83.5 cm³/mol. The zero-order valence-electron chi connectivity index (χ0n) is 13.0. The van der Waals surface area contributed by atoms with E-state index in [2.05, 4.69) is 0 Å². The van der Waals surface area contributed by atoms with Gasteiger partial charge in [-0.25, -0.2) is 0 Å². The highest BCUT2D eigenvalue weighted by atomic mass is 35.5. The molecule has 1 aromatic carbocycles. The molecule has 116 valence electrons. The number of hydrogen-bond acceptors (Lipinski definition) is 3. The monoisotopic (exact) mass is 311 g/mol. The Labute approximate surface area is 131 Å². The maximum absolute atomic E-state index is 12.4. The van der Waals surface area contributed by atoms with E-state index in [-0.39, 0.29) is 12.5 Å². The molecule has 0 bridgehead atoms. The van der Waals surface area contributed by atoms with Crippen molar-refractivity contribution in [2.45, 2.75) is 39.7 Å². The van der Waals surface area contributed by atoms with Crippen molar-refractivity contribution < 1.29 is 14.3 Å². The molecule has 0 atom stereocenters. The smallest absolute Gasteiger partial charge is 0.326 e. The second-order valence-corrected chi connectivity index (χ2v) is 6.26. The first kappa shape index (κ1) is 17.5. The number of hydrogen-bond donors (Lipinski definition) is 0. The lowest BCUT2D eigenvalue weighted by Crippen LogP contribution is -2.39. The zero-order chi connectivity index (χ0) is 16.0. The average Bonchev–Trinajstić information content (AvgIpc) is 2.36. The van der Waals surface area contributed by atoms with Gasteiger partial charge in [-0.1, -0.05) is 18.5 Å². The lowest BCUT2D eigenvalue weighted by atomic mass is 10.2. The van der Waals surface area contributed by atoms with Crippen molar-refractivity contribution in [2.75, 3.05) is 13.1 Å². The van der Waals surface area contributed by atoms with Crippen LogP contribution in [-0.2, 0) is 9.53 Å². The first-order chi connectivity index (χ1) is 9.73. The molecule has 1 rings (SSSR count). The highest BCUT2D eigenvalue weighted by molar-refractivity contribution is 6.30. The summed E-state index contributed by atoms with van der Waals surface area (Å²) in [7, 11) is 0. The van der Waals surface area contributed by atoms with Crippen LogP contribution in [0, 0.1) is 0 Å². The average molecular weight is 312 g/mol. The van der Waals surface area contributed by atoms with E-state index < -0.39 is 11.6 Å². The van der Waals surface area contributed by atoms with E-state index in [4.69, 9.17) is 16.3 Å². The van der Waals surface area contributed by atoms with E-state index >= 15 is 0 Å². The van der Waals surface area contributed by atoms with Crippen molar-refractivity contribution in [3.63, 3.8) is 0 Å². The third-order valence-corrected chi connectivity index (χ3v) is 2.86. The molecule has 0 N–H and O–H groups in total. The highest BCUT2D eigenvalue weighted by Crippen LogP contribution is 2.13. The zero-order valence-corrected chi connectivity index (χ0v) is 13.7. The molecule has 0 saturated heterocycles. The van der Waals surface area contributed by atoms with Crippen LogP contribution >= 0.6 is 11.6 Å². The minimum absolute atomic E-state index is 0.0490. The van der Waals surface area contributed by atoms with Gasteiger partial charge in [0.15, 0.2) is 0 Å². The highest BCUT2D eigenvalue weighted by Gasteiger charge is 2.22. The Morgan fingerprint density at radius 2 is 1.76 bits per heavy atom. The molecule has 4 nitrogen and oxygen atoms in total. The van der Waals surface area contributed by atoms with E-state index in [1.807, 2.05) is 6.92 Å². The number of benzene rings is 1. The van der Waals surface area contributed by atoms with Crippen LogP contribution in [-0.4, -0.2) is 35.5 Å². The molecule has 0 radical (unpaired) electrons. The summed E-state index contributed by atoms with van der Waals surface area (Å²) in [6.07, 6.45) is 0.766. The first-order valence-corrected chi connectivity index (χ1v) is 7.37. The maximum Gasteiger partial charge on any atom is 0.326 e. The Morgan fingerprint density at radius 3 is 2.24 bits per heavy atom. The van der Waals surface area contributed by atoms with Gasteiger partial charge < -0.3 is 9.64 Å². The van der Waals surface area contributed by atoms with Crippen LogP contribution in [0.5, 0.6) is 0 Å². The number of ether oxygens (including phenoxy) is 1. The Balaban J connectivity index is 2.78.